The number of amides is 1. The third-order valence-corrected chi connectivity index (χ3v) is 6.66. The van der Waals surface area contributed by atoms with E-state index in [0.29, 0.717) is 0 Å². The first kappa shape index (κ1) is 26.9. The molecule has 5 rings (SSSR count). The number of carbonyl (C=O) groups excluding carboxylic acids is 2. The van der Waals surface area contributed by atoms with Gasteiger partial charge in [-0.05, 0) is 42.3 Å². The number of hydrazine groups is 1. The second kappa shape index (κ2) is 10.9. The molecule has 2 aliphatic rings. The first-order valence-corrected chi connectivity index (χ1v) is 12.2. The van der Waals surface area contributed by atoms with Crippen LogP contribution in [0.3, 0.4) is 0 Å². The van der Waals surface area contributed by atoms with E-state index in [4.69, 9.17) is 9.47 Å². The number of anilines is 2. The van der Waals surface area contributed by atoms with Crippen LogP contribution in [0.5, 0.6) is 0 Å². The zero-order valence-electron chi connectivity index (χ0n) is 21.0. The summed E-state index contributed by atoms with van der Waals surface area (Å²) in [6.07, 6.45) is 2.45. The highest BCUT2D eigenvalue weighted by molar-refractivity contribution is 6.07. The largest absolute Gasteiger partial charge is 0.466 e. The number of nitrogens with one attached hydrogen (secondary N) is 3. The molecule has 0 saturated carbocycles. The van der Waals surface area contributed by atoms with Gasteiger partial charge in [-0.25, -0.2) is 22.4 Å². The number of fused-ring (bicyclic) bond motifs is 2. The Hall–Kier alpha value is -4.64. The molecule has 206 valence electrons. The summed E-state index contributed by atoms with van der Waals surface area (Å²) in [6.45, 7) is 0. The van der Waals surface area contributed by atoms with Crippen molar-refractivity contribution in [2.45, 2.75) is 24.2 Å². The summed E-state index contributed by atoms with van der Waals surface area (Å²) in [5, 5.41) is 3.08. The number of hydrogen-bond donors (Lipinski definition) is 3. The summed E-state index contributed by atoms with van der Waals surface area (Å²) >= 11 is 0. The number of rotatable bonds is 9. The van der Waals surface area contributed by atoms with Gasteiger partial charge in [0.1, 0.15) is 23.3 Å². The molecular formula is C29H23F4N3O4. The normalized spacial score (nSPS) is 19.9. The highest BCUT2D eigenvalue weighted by Crippen LogP contribution is 2.47. The average molecular weight is 554 g/mol. The van der Waals surface area contributed by atoms with Gasteiger partial charge in [-0.3, -0.25) is 15.6 Å². The fourth-order valence-corrected chi connectivity index (χ4v) is 4.92. The van der Waals surface area contributed by atoms with Gasteiger partial charge in [0.25, 0.3) is 5.91 Å². The topological polar surface area (TPSA) is 88.7 Å². The van der Waals surface area contributed by atoms with E-state index in [0.717, 1.165) is 43.0 Å². The summed E-state index contributed by atoms with van der Waals surface area (Å²) in [6, 6.07) is 14.2. The predicted octanol–water partition coefficient (Wildman–Crippen LogP) is 4.59. The minimum Gasteiger partial charge on any atom is -0.466 e. The number of ether oxygens (including phenoxy) is 2. The van der Waals surface area contributed by atoms with Crippen molar-refractivity contribution in [3.05, 3.63) is 119 Å². The molecule has 3 unspecified atom stereocenters. The highest BCUT2D eigenvalue weighted by atomic mass is 19.2. The molecular weight excluding hydrogens is 530 g/mol. The Kier molecular flexibility index (Phi) is 7.31. The molecule has 40 heavy (non-hydrogen) atoms. The maximum atomic E-state index is 14.1. The SMILES string of the molecule is COC(=O)C1=C(C(=O)NNc2ccc(F)c(F)c2)C2C=CC1(C(Cc1ccccc1)Nc1cc(F)cc(F)c1)O2. The Bertz CT molecular complexity index is 1510. The van der Waals surface area contributed by atoms with Crippen LogP contribution in [-0.2, 0) is 25.5 Å². The van der Waals surface area contributed by atoms with Crippen LogP contribution in [0.1, 0.15) is 5.56 Å². The fourth-order valence-electron chi connectivity index (χ4n) is 4.92. The molecule has 11 heteroatoms. The van der Waals surface area contributed by atoms with Crippen molar-refractivity contribution in [3.63, 3.8) is 0 Å². The summed E-state index contributed by atoms with van der Waals surface area (Å²) in [4.78, 5) is 26.5. The molecule has 7 nitrogen and oxygen atoms in total. The molecule has 0 aliphatic carbocycles. The van der Waals surface area contributed by atoms with E-state index in [2.05, 4.69) is 16.2 Å². The van der Waals surface area contributed by atoms with Gasteiger partial charge in [0.15, 0.2) is 11.6 Å². The van der Waals surface area contributed by atoms with Crippen molar-refractivity contribution >= 4 is 23.3 Å². The van der Waals surface area contributed by atoms with Gasteiger partial charge < -0.3 is 14.8 Å². The first-order valence-electron chi connectivity index (χ1n) is 12.2. The van der Waals surface area contributed by atoms with Crippen molar-refractivity contribution in [1.29, 1.82) is 0 Å². The predicted molar refractivity (Wildman–Crippen MR) is 138 cm³/mol. The van der Waals surface area contributed by atoms with Crippen molar-refractivity contribution in [1.82, 2.24) is 5.43 Å². The number of halogens is 4. The van der Waals surface area contributed by atoms with Crippen LogP contribution in [-0.4, -0.2) is 36.7 Å². The van der Waals surface area contributed by atoms with E-state index >= 15 is 0 Å². The lowest BCUT2D eigenvalue weighted by atomic mass is 9.79. The number of esters is 1. The zero-order valence-corrected chi connectivity index (χ0v) is 21.0. The highest BCUT2D eigenvalue weighted by Gasteiger charge is 2.58. The minimum absolute atomic E-state index is 0.0542. The van der Waals surface area contributed by atoms with Crippen molar-refractivity contribution in [2.75, 3.05) is 17.9 Å². The minimum atomic E-state index is -1.56. The van der Waals surface area contributed by atoms with E-state index in [1.54, 1.807) is 12.2 Å². The molecule has 3 aromatic carbocycles. The lowest BCUT2D eigenvalue weighted by Gasteiger charge is -2.36. The molecule has 2 heterocycles. The number of carbonyl (C=O) groups is 2. The molecule has 2 aliphatic heterocycles. The molecule has 0 aromatic heterocycles. The van der Waals surface area contributed by atoms with Crippen LogP contribution in [0.4, 0.5) is 28.9 Å². The Labute approximate surface area is 226 Å². The van der Waals surface area contributed by atoms with Gasteiger partial charge in [-0.15, -0.1) is 0 Å². The van der Waals surface area contributed by atoms with Gasteiger partial charge in [0.2, 0.25) is 0 Å². The maximum Gasteiger partial charge on any atom is 0.337 e. The molecule has 2 bridgehead atoms. The van der Waals surface area contributed by atoms with Crippen LogP contribution >= 0.6 is 0 Å². The summed E-state index contributed by atoms with van der Waals surface area (Å²) < 4.78 is 66.3. The Morgan fingerprint density at radius 1 is 0.950 bits per heavy atom. The second-order valence-electron chi connectivity index (χ2n) is 9.22. The van der Waals surface area contributed by atoms with E-state index in [1.807, 2.05) is 30.3 Å². The molecule has 0 spiro atoms. The summed E-state index contributed by atoms with van der Waals surface area (Å²) in [5.74, 6) is -5.43. The van der Waals surface area contributed by atoms with Crippen LogP contribution in [0.15, 0.2) is 90.0 Å². The van der Waals surface area contributed by atoms with Gasteiger partial charge >= 0.3 is 5.97 Å². The number of methoxy groups -OCH3 is 1. The molecule has 3 N–H and O–H groups in total. The van der Waals surface area contributed by atoms with E-state index in [-0.39, 0.29) is 28.9 Å². The van der Waals surface area contributed by atoms with Crippen LogP contribution in [0.25, 0.3) is 0 Å². The van der Waals surface area contributed by atoms with Crippen LogP contribution in [0, 0.1) is 23.3 Å². The molecule has 3 atom stereocenters. The lowest BCUT2D eigenvalue weighted by molar-refractivity contribution is -0.138. The average Bonchev–Trinajstić information content (AvgIpc) is 3.51. The van der Waals surface area contributed by atoms with Crippen molar-refractivity contribution < 1.29 is 36.6 Å². The maximum absolute atomic E-state index is 14.1. The quantitative estimate of drug-likeness (QED) is 0.156. The monoisotopic (exact) mass is 553 g/mol. The lowest BCUT2D eigenvalue weighted by Crippen LogP contribution is -2.49. The zero-order chi connectivity index (χ0) is 28.4. The number of benzene rings is 3. The number of hydrogen-bond acceptors (Lipinski definition) is 6. The van der Waals surface area contributed by atoms with Gasteiger partial charge in [-0.2, -0.15) is 0 Å². The third-order valence-electron chi connectivity index (χ3n) is 6.66. The Balaban J connectivity index is 1.53. The molecule has 0 saturated heterocycles. The van der Waals surface area contributed by atoms with Crippen LogP contribution < -0.4 is 16.2 Å². The summed E-state index contributed by atoms with van der Waals surface area (Å²) in [5.41, 5.74) is 4.07. The molecule has 0 fully saturated rings. The summed E-state index contributed by atoms with van der Waals surface area (Å²) in [7, 11) is 1.15. The molecule has 0 radical (unpaired) electrons. The Morgan fingerprint density at radius 3 is 2.35 bits per heavy atom. The standard InChI is InChI=1S/C29H23F4N3O4/c1-39-28(38)26-25(27(37)36-35-19-7-8-21(32)22(33)15-19)23-9-10-29(26,40-23)24(11-16-5-3-2-4-6-16)34-20-13-17(30)12-18(31)14-20/h2-10,12-15,23-24,34-35H,11H2,1H3,(H,36,37). The molecule has 1 amide bonds. The van der Waals surface area contributed by atoms with Gasteiger partial charge in [0.05, 0.1) is 30.0 Å². The first-order chi connectivity index (χ1) is 19.2. The second-order valence-corrected chi connectivity index (χ2v) is 9.22. The Morgan fingerprint density at radius 2 is 1.68 bits per heavy atom. The van der Waals surface area contributed by atoms with E-state index in [9.17, 15) is 27.2 Å². The van der Waals surface area contributed by atoms with E-state index in [1.165, 1.54) is 6.07 Å². The molecule has 3 aromatic rings. The van der Waals surface area contributed by atoms with Gasteiger partial charge in [-0.1, -0.05) is 36.4 Å². The third kappa shape index (κ3) is 5.15. The fraction of sp³-hybridized carbons (Fsp3) is 0.172. The van der Waals surface area contributed by atoms with Crippen LogP contribution in [0.2, 0.25) is 0 Å². The van der Waals surface area contributed by atoms with Gasteiger partial charge in [0, 0.05) is 17.8 Å². The van der Waals surface area contributed by atoms with E-state index < -0.39 is 52.9 Å². The van der Waals surface area contributed by atoms with Crippen molar-refractivity contribution in [2.24, 2.45) is 0 Å². The van der Waals surface area contributed by atoms with Crippen molar-refractivity contribution in [3.8, 4) is 0 Å². The smallest absolute Gasteiger partial charge is 0.337 e.